The van der Waals surface area contributed by atoms with Crippen LogP contribution in [-0.4, -0.2) is 24.9 Å². The molecule has 0 aliphatic heterocycles. The highest BCUT2D eigenvalue weighted by atomic mass is 16.2. The zero-order chi connectivity index (χ0) is 19.8. The standard InChI is InChI=1S/C23H25N3O2/c1-2-3-14-24-23(28)18-10-6-11-19(15-18)26-22(27)16-25-21-13-7-9-17-8-4-5-12-20(17)21/h4-13,15,25H,2-3,14,16H2,1H3,(H,24,28)(H,26,27). The molecule has 3 N–H and O–H groups in total. The number of rotatable bonds is 8. The van der Waals surface area contributed by atoms with E-state index in [1.807, 2.05) is 42.5 Å². The smallest absolute Gasteiger partial charge is 0.251 e. The van der Waals surface area contributed by atoms with Crippen molar-refractivity contribution < 1.29 is 9.59 Å². The van der Waals surface area contributed by atoms with Gasteiger partial charge in [-0.2, -0.15) is 0 Å². The summed E-state index contributed by atoms with van der Waals surface area (Å²) in [5.74, 6) is -0.296. The minimum Gasteiger partial charge on any atom is -0.376 e. The second-order valence-corrected chi connectivity index (χ2v) is 6.62. The Balaban J connectivity index is 1.59. The van der Waals surface area contributed by atoms with Crippen molar-refractivity contribution in [1.82, 2.24) is 5.32 Å². The molecule has 0 radical (unpaired) electrons. The zero-order valence-corrected chi connectivity index (χ0v) is 16.0. The van der Waals surface area contributed by atoms with Crippen LogP contribution in [0.15, 0.2) is 66.7 Å². The molecule has 0 aliphatic rings. The molecule has 0 saturated heterocycles. The van der Waals surface area contributed by atoms with E-state index in [0.29, 0.717) is 17.8 Å². The molecule has 0 spiro atoms. The van der Waals surface area contributed by atoms with Crippen molar-refractivity contribution in [3.63, 3.8) is 0 Å². The minimum absolute atomic E-state index is 0.126. The predicted octanol–water partition coefficient (Wildman–Crippen LogP) is 4.42. The lowest BCUT2D eigenvalue weighted by atomic mass is 10.1. The number of hydrogen-bond acceptors (Lipinski definition) is 3. The van der Waals surface area contributed by atoms with Crippen molar-refractivity contribution in [2.75, 3.05) is 23.7 Å². The molecule has 0 aliphatic carbocycles. The third-order valence-electron chi connectivity index (χ3n) is 4.45. The van der Waals surface area contributed by atoms with E-state index in [9.17, 15) is 9.59 Å². The van der Waals surface area contributed by atoms with Gasteiger partial charge in [0.1, 0.15) is 0 Å². The lowest BCUT2D eigenvalue weighted by Crippen LogP contribution is -2.25. The fraction of sp³-hybridized carbons (Fsp3) is 0.217. The van der Waals surface area contributed by atoms with Crippen LogP contribution in [0.5, 0.6) is 0 Å². The van der Waals surface area contributed by atoms with Crippen molar-refractivity contribution in [1.29, 1.82) is 0 Å². The summed E-state index contributed by atoms with van der Waals surface area (Å²) in [5, 5.41) is 11.1. The highest BCUT2D eigenvalue weighted by Gasteiger charge is 2.08. The summed E-state index contributed by atoms with van der Waals surface area (Å²) in [6.07, 6.45) is 1.97. The van der Waals surface area contributed by atoms with Crippen molar-refractivity contribution in [3.8, 4) is 0 Å². The molecule has 5 heteroatoms. The van der Waals surface area contributed by atoms with Gasteiger partial charge in [0.05, 0.1) is 6.54 Å². The summed E-state index contributed by atoms with van der Waals surface area (Å²) >= 11 is 0. The quantitative estimate of drug-likeness (QED) is 0.511. The van der Waals surface area contributed by atoms with Crippen molar-refractivity contribution >= 4 is 34.0 Å². The summed E-state index contributed by atoms with van der Waals surface area (Å²) in [6, 6.07) is 21.0. The van der Waals surface area contributed by atoms with Crippen LogP contribution in [0.3, 0.4) is 0 Å². The maximum absolute atomic E-state index is 12.3. The van der Waals surface area contributed by atoms with Crippen molar-refractivity contribution in [3.05, 3.63) is 72.3 Å². The Bertz CT molecular complexity index is 963. The fourth-order valence-corrected chi connectivity index (χ4v) is 2.98. The molecule has 28 heavy (non-hydrogen) atoms. The van der Waals surface area contributed by atoms with Gasteiger partial charge in [-0.15, -0.1) is 0 Å². The van der Waals surface area contributed by atoms with Crippen LogP contribution in [0.1, 0.15) is 30.1 Å². The van der Waals surface area contributed by atoms with E-state index in [2.05, 4.69) is 22.9 Å². The number of carbonyl (C=O) groups is 2. The predicted molar refractivity (Wildman–Crippen MR) is 115 cm³/mol. The first kappa shape index (κ1) is 19.4. The molecule has 3 aromatic carbocycles. The number of fused-ring (bicyclic) bond motifs is 1. The molecule has 3 rings (SSSR count). The van der Waals surface area contributed by atoms with Crippen LogP contribution in [0.4, 0.5) is 11.4 Å². The molecule has 2 amide bonds. The highest BCUT2D eigenvalue weighted by Crippen LogP contribution is 2.22. The molecule has 144 valence electrons. The Morgan fingerprint density at radius 3 is 2.57 bits per heavy atom. The second-order valence-electron chi connectivity index (χ2n) is 6.62. The summed E-state index contributed by atoms with van der Waals surface area (Å²) in [7, 11) is 0. The maximum atomic E-state index is 12.3. The third kappa shape index (κ3) is 5.10. The first-order valence-electron chi connectivity index (χ1n) is 9.57. The van der Waals surface area contributed by atoms with E-state index in [1.54, 1.807) is 24.3 Å². The number of carbonyl (C=O) groups excluding carboxylic acids is 2. The SMILES string of the molecule is CCCCNC(=O)c1cccc(NC(=O)CNc2cccc3ccccc23)c1. The lowest BCUT2D eigenvalue weighted by Gasteiger charge is -2.11. The van der Waals surface area contributed by atoms with Gasteiger partial charge in [-0.25, -0.2) is 0 Å². The first-order valence-corrected chi connectivity index (χ1v) is 9.57. The molecule has 0 fully saturated rings. The molecular formula is C23H25N3O2. The number of amides is 2. The van der Waals surface area contributed by atoms with E-state index in [4.69, 9.17) is 0 Å². The molecule has 0 unspecified atom stereocenters. The molecule has 0 saturated carbocycles. The van der Waals surface area contributed by atoms with Crippen LogP contribution < -0.4 is 16.0 Å². The Kier molecular flexibility index (Phi) is 6.63. The summed E-state index contributed by atoms with van der Waals surface area (Å²) in [4.78, 5) is 24.5. The van der Waals surface area contributed by atoms with Gasteiger partial charge >= 0.3 is 0 Å². The minimum atomic E-state index is -0.170. The van der Waals surface area contributed by atoms with E-state index >= 15 is 0 Å². The van der Waals surface area contributed by atoms with Gasteiger partial charge in [-0.05, 0) is 36.1 Å². The van der Waals surface area contributed by atoms with Crippen molar-refractivity contribution in [2.45, 2.75) is 19.8 Å². The topological polar surface area (TPSA) is 70.2 Å². The normalized spacial score (nSPS) is 10.5. The Labute approximate surface area is 165 Å². The summed E-state index contributed by atoms with van der Waals surface area (Å²) < 4.78 is 0. The van der Waals surface area contributed by atoms with Crippen LogP contribution in [-0.2, 0) is 4.79 Å². The van der Waals surface area contributed by atoms with Crippen molar-refractivity contribution in [2.24, 2.45) is 0 Å². The Hall–Kier alpha value is -3.34. The van der Waals surface area contributed by atoms with Gasteiger partial charge in [-0.3, -0.25) is 9.59 Å². The monoisotopic (exact) mass is 375 g/mol. The molecule has 0 bridgehead atoms. The van der Waals surface area contributed by atoms with Gasteiger partial charge in [0, 0.05) is 28.9 Å². The van der Waals surface area contributed by atoms with Crippen LogP contribution >= 0.6 is 0 Å². The Morgan fingerprint density at radius 1 is 0.929 bits per heavy atom. The lowest BCUT2D eigenvalue weighted by molar-refractivity contribution is -0.114. The first-order chi connectivity index (χ1) is 13.7. The second kappa shape index (κ2) is 9.55. The largest absolute Gasteiger partial charge is 0.376 e. The summed E-state index contributed by atoms with van der Waals surface area (Å²) in [6.45, 7) is 2.87. The van der Waals surface area contributed by atoms with Gasteiger partial charge in [0.15, 0.2) is 0 Å². The van der Waals surface area contributed by atoms with E-state index in [1.165, 1.54) is 0 Å². The Morgan fingerprint density at radius 2 is 1.71 bits per heavy atom. The van der Waals surface area contributed by atoms with Gasteiger partial charge < -0.3 is 16.0 Å². The molecule has 0 heterocycles. The van der Waals surface area contributed by atoms with Gasteiger partial charge in [-0.1, -0.05) is 55.8 Å². The number of nitrogens with one attached hydrogen (secondary N) is 3. The van der Waals surface area contributed by atoms with E-state index in [-0.39, 0.29) is 18.4 Å². The third-order valence-corrected chi connectivity index (χ3v) is 4.45. The zero-order valence-electron chi connectivity index (χ0n) is 16.0. The van der Waals surface area contributed by atoms with E-state index in [0.717, 1.165) is 29.3 Å². The molecule has 0 atom stereocenters. The van der Waals surface area contributed by atoms with Crippen LogP contribution in [0.2, 0.25) is 0 Å². The average molecular weight is 375 g/mol. The summed E-state index contributed by atoms with van der Waals surface area (Å²) in [5.41, 5.74) is 2.06. The van der Waals surface area contributed by atoms with E-state index < -0.39 is 0 Å². The number of unbranched alkanes of at least 4 members (excludes halogenated alkanes) is 1. The van der Waals surface area contributed by atoms with Gasteiger partial charge in [0.25, 0.3) is 5.91 Å². The molecule has 5 nitrogen and oxygen atoms in total. The van der Waals surface area contributed by atoms with Crippen LogP contribution in [0.25, 0.3) is 10.8 Å². The number of hydrogen-bond donors (Lipinski definition) is 3. The average Bonchev–Trinajstić information content (AvgIpc) is 2.72. The van der Waals surface area contributed by atoms with Crippen LogP contribution in [0, 0.1) is 0 Å². The highest BCUT2D eigenvalue weighted by molar-refractivity contribution is 5.99. The number of anilines is 2. The molecule has 3 aromatic rings. The maximum Gasteiger partial charge on any atom is 0.251 e. The molecular weight excluding hydrogens is 350 g/mol. The molecule has 0 aromatic heterocycles. The van der Waals surface area contributed by atoms with Gasteiger partial charge in [0.2, 0.25) is 5.91 Å². The fourth-order valence-electron chi connectivity index (χ4n) is 2.98. The number of benzene rings is 3.